The molecular weight excluding hydrogens is 281 g/mol. The largest absolute Gasteiger partial charge is 0.440 e. The lowest BCUT2D eigenvalue weighted by molar-refractivity contribution is -0.137. The third-order valence-electron chi connectivity index (χ3n) is 4.26. The smallest absolute Gasteiger partial charge is 0.416 e. The molecular formula is C15H17F3N2O. The van der Waals surface area contributed by atoms with Crippen LogP contribution in [0.5, 0.6) is 0 Å². The van der Waals surface area contributed by atoms with Gasteiger partial charge in [-0.25, -0.2) is 4.98 Å². The van der Waals surface area contributed by atoms with Gasteiger partial charge in [-0.1, -0.05) is 12.8 Å². The Kier molecular flexibility index (Phi) is 3.65. The number of oxazole rings is 1. The molecule has 1 aromatic heterocycles. The van der Waals surface area contributed by atoms with Crippen LogP contribution in [0.2, 0.25) is 0 Å². The van der Waals surface area contributed by atoms with Crippen LogP contribution in [0.25, 0.3) is 11.1 Å². The molecule has 1 fully saturated rings. The Morgan fingerprint density at radius 1 is 1.24 bits per heavy atom. The summed E-state index contributed by atoms with van der Waals surface area (Å²) >= 11 is 0. The SMILES string of the molecule is NCC1CCCCC1c1nc2cc(C(F)(F)F)ccc2o1. The highest BCUT2D eigenvalue weighted by molar-refractivity contribution is 5.73. The maximum atomic E-state index is 12.7. The molecule has 3 nitrogen and oxygen atoms in total. The second-order valence-electron chi connectivity index (χ2n) is 5.62. The van der Waals surface area contributed by atoms with Crippen molar-refractivity contribution in [2.45, 2.75) is 37.8 Å². The van der Waals surface area contributed by atoms with E-state index in [4.69, 9.17) is 10.2 Å². The van der Waals surface area contributed by atoms with Crippen LogP contribution in [0.3, 0.4) is 0 Å². The fourth-order valence-corrected chi connectivity index (χ4v) is 3.10. The molecule has 1 heterocycles. The number of hydrogen-bond donors (Lipinski definition) is 1. The summed E-state index contributed by atoms with van der Waals surface area (Å²) < 4.78 is 43.8. The van der Waals surface area contributed by atoms with E-state index in [1.54, 1.807) is 0 Å². The molecule has 0 saturated heterocycles. The van der Waals surface area contributed by atoms with Crippen molar-refractivity contribution in [1.82, 2.24) is 4.98 Å². The van der Waals surface area contributed by atoms with Gasteiger partial charge in [-0.15, -0.1) is 0 Å². The van der Waals surface area contributed by atoms with Gasteiger partial charge in [0.15, 0.2) is 11.5 Å². The van der Waals surface area contributed by atoms with Gasteiger partial charge in [0.05, 0.1) is 5.56 Å². The normalized spacial score (nSPS) is 23.6. The van der Waals surface area contributed by atoms with Crippen LogP contribution in [-0.4, -0.2) is 11.5 Å². The number of nitrogens with zero attached hydrogens (tertiary/aromatic N) is 1. The van der Waals surface area contributed by atoms with Crippen LogP contribution in [0.4, 0.5) is 13.2 Å². The fraction of sp³-hybridized carbons (Fsp3) is 0.533. The molecule has 1 saturated carbocycles. The summed E-state index contributed by atoms with van der Waals surface area (Å²) in [6.07, 6.45) is -0.197. The van der Waals surface area contributed by atoms with E-state index >= 15 is 0 Å². The third kappa shape index (κ3) is 2.77. The standard InChI is InChI=1S/C15H17F3N2O/c16-15(17,18)10-5-6-13-12(7-10)20-14(21-13)11-4-2-1-3-9(11)8-19/h5-7,9,11H,1-4,8,19H2. The Balaban J connectivity index is 1.97. The van der Waals surface area contributed by atoms with Crippen LogP contribution in [0, 0.1) is 5.92 Å². The zero-order valence-corrected chi connectivity index (χ0v) is 11.5. The number of rotatable bonds is 2. The van der Waals surface area contributed by atoms with Crippen LogP contribution in [0.15, 0.2) is 22.6 Å². The zero-order chi connectivity index (χ0) is 15.0. The van der Waals surface area contributed by atoms with E-state index in [1.165, 1.54) is 6.07 Å². The van der Waals surface area contributed by atoms with E-state index in [-0.39, 0.29) is 11.4 Å². The first-order valence-corrected chi connectivity index (χ1v) is 7.17. The van der Waals surface area contributed by atoms with E-state index in [0.29, 0.717) is 23.9 Å². The van der Waals surface area contributed by atoms with Gasteiger partial charge >= 0.3 is 6.18 Å². The van der Waals surface area contributed by atoms with Gasteiger partial charge in [0.1, 0.15) is 5.52 Å². The third-order valence-corrected chi connectivity index (χ3v) is 4.26. The molecule has 1 aromatic carbocycles. The second-order valence-corrected chi connectivity index (χ2v) is 5.62. The summed E-state index contributed by atoms with van der Waals surface area (Å²) in [6, 6.07) is 3.41. The Bertz CT molecular complexity index is 635. The van der Waals surface area contributed by atoms with Crippen LogP contribution < -0.4 is 5.73 Å². The van der Waals surface area contributed by atoms with E-state index < -0.39 is 11.7 Å². The minimum Gasteiger partial charge on any atom is -0.440 e. The lowest BCUT2D eigenvalue weighted by Gasteiger charge is -2.27. The molecule has 2 N–H and O–H groups in total. The minimum atomic E-state index is -4.36. The molecule has 0 spiro atoms. The van der Waals surface area contributed by atoms with Crippen molar-refractivity contribution in [1.29, 1.82) is 0 Å². The molecule has 1 aliphatic rings. The molecule has 1 aliphatic carbocycles. The topological polar surface area (TPSA) is 52.0 Å². The first kappa shape index (κ1) is 14.4. The van der Waals surface area contributed by atoms with Gasteiger partial charge in [-0.2, -0.15) is 13.2 Å². The zero-order valence-electron chi connectivity index (χ0n) is 11.5. The van der Waals surface area contributed by atoms with Gasteiger partial charge in [0.25, 0.3) is 0 Å². The monoisotopic (exact) mass is 298 g/mol. The molecule has 0 radical (unpaired) electrons. The average molecular weight is 298 g/mol. The maximum Gasteiger partial charge on any atom is 0.416 e. The van der Waals surface area contributed by atoms with Crippen molar-refractivity contribution in [3.05, 3.63) is 29.7 Å². The highest BCUT2D eigenvalue weighted by atomic mass is 19.4. The van der Waals surface area contributed by atoms with Crippen molar-refractivity contribution in [3.8, 4) is 0 Å². The maximum absolute atomic E-state index is 12.7. The molecule has 3 rings (SSSR count). The van der Waals surface area contributed by atoms with Crippen LogP contribution in [-0.2, 0) is 6.18 Å². The summed E-state index contributed by atoms with van der Waals surface area (Å²) in [5.74, 6) is 0.943. The Morgan fingerprint density at radius 2 is 2.00 bits per heavy atom. The second kappa shape index (κ2) is 5.33. The van der Waals surface area contributed by atoms with Crippen LogP contribution >= 0.6 is 0 Å². The van der Waals surface area contributed by atoms with Gasteiger partial charge < -0.3 is 10.2 Å². The van der Waals surface area contributed by atoms with Gasteiger partial charge in [-0.05, 0) is 43.5 Å². The first-order chi connectivity index (χ1) is 9.99. The average Bonchev–Trinajstić information content (AvgIpc) is 2.89. The number of nitrogens with two attached hydrogens (primary N) is 1. The van der Waals surface area contributed by atoms with E-state index in [1.807, 2.05) is 0 Å². The van der Waals surface area contributed by atoms with Crippen molar-refractivity contribution in [2.24, 2.45) is 11.7 Å². The summed E-state index contributed by atoms with van der Waals surface area (Å²) in [4.78, 5) is 4.29. The Labute approximate surface area is 120 Å². The molecule has 2 aromatic rings. The molecule has 114 valence electrons. The van der Waals surface area contributed by atoms with Crippen molar-refractivity contribution in [3.63, 3.8) is 0 Å². The number of halogens is 3. The molecule has 2 unspecified atom stereocenters. The number of hydrogen-bond acceptors (Lipinski definition) is 3. The molecule has 6 heteroatoms. The number of fused-ring (bicyclic) bond motifs is 1. The number of benzene rings is 1. The minimum absolute atomic E-state index is 0.116. The van der Waals surface area contributed by atoms with E-state index in [2.05, 4.69) is 4.98 Å². The molecule has 0 aliphatic heterocycles. The highest BCUT2D eigenvalue weighted by Crippen LogP contribution is 2.38. The van der Waals surface area contributed by atoms with Crippen LogP contribution in [0.1, 0.15) is 43.1 Å². The molecule has 21 heavy (non-hydrogen) atoms. The summed E-state index contributed by atoms with van der Waals surface area (Å²) in [7, 11) is 0. The van der Waals surface area contributed by atoms with Gasteiger partial charge in [0, 0.05) is 5.92 Å². The Hall–Kier alpha value is -1.56. The summed E-state index contributed by atoms with van der Waals surface area (Å²) in [6.45, 7) is 0.553. The fourth-order valence-electron chi connectivity index (χ4n) is 3.10. The van der Waals surface area contributed by atoms with Gasteiger partial charge in [-0.3, -0.25) is 0 Å². The number of aromatic nitrogens is 1. The predicted octanol–water partition coefficient (Wildman–Crippen LogP) is 4.08. The summed E-state index contributed by atoms with van der Waals surface area (Å²) in [5.41, 5.74) is 5.76. The molecule has 2 atom stereocenters. The van der Waals surface area contributed by atoms with E-state index in [9.17, 15) is 13.2 Å². The van der Waals surface area contributed by atoms with Crippen molar-refractivity contribution in [2.75, 3.05) is 6.54 Å². The van der Waals surface area contributed by atoms with Crippen molar-refractivity contribution >= 4 is 11.1 Å². The Morgan fingerprint density at radius 3 is 2.71 bits per heavy atom. The first-order valence-electron chi connectivity index (χ1n) is 7.17. The van der Waals surface area contributed by atoms with E-state index in [0.717, 1.165) is 37.8 Å². The predicted molar refractivity (Wildman–Crippen MR) is 72.8 cm³/mol. The lowest BCUT2D eigenvalue weighted by atomic mass is 9.79. The lowest BCUT2D eigenvalue weighted by Crippen LogP contribution is -2.25. The highest BCUT2D eigenvalue weighted by Gasteiger charge is 2.32. The number of alkyl halides is 3. The van der Waals surface area contributed by atoms with Crippen molar-refractivity contribution < 1.29 is 17.6 Å². The summed E-state index contributed by atoms with van der Waals surface area (Å²) in [5, 5.41) is 0. The molecule has 0 bridgehead atoms. The quantitative estimate of drug-likeness (QED) is 0.909. The van der Waals surface area contributed by atoms with Gasteiger partial charge in [0.2, 0.25) is 0 Å². The molecule has 0 amide bonds.